The maximum atomic E-state index is 3.83. The molecular formula is C18H30N2. The summed E-state index contributed by atoms with van der Waals surface area (Å²) in [5.41, 5.74) is 4.16. The van der Waals surface area contributed by atoms with Gasteiger partial charge in [-0.05, 0) is 65.2 Å². The van der Waals surface area contributed by atoms with Crippen molar-refractivity contribution in [3.8, 4) is 0 Å². The summed E-state index contributed by atoms with van der Waals surface area (Å²) in [5.74, 6) is 0. The molecule has 1 aromatic carbocycles. The summed E-state index contributed by atoms with van der Waals surface area (Å²) in [6.45, 7) is 12.7. The number of likely N-dealkylation sites (tertiary alicyclic amines) is 1. The van der Waals surface area contributed by atoms with Gasteiger partial charge in [0.2, 0.25) is 0 Å². The molecule has 2 rings (SSSR count). The highest BCUT2D eigenvalue weighted by Crippen LogP contribution is 2.20. The highest BCUT2D eigenvalue weighted by Gasteiger charge is 2.20. The molecule has 1 fully saturated rings. The molecule has 1 unspecified atom stereocenters. The molecule has 1 atom stereocenters. The van der Waals surface area contributed by atoms with Crippen molar-refractivity contribution in [2.75, 3.05) is 19.6 Å². The molecule has 2 heteroatoms. The van der Waals surface area contributed by atoms with Crippen LogP contribution in [0.15, 0.2) is 18.2 Å². The van der Waals surface area contributed by atoms with Crippen LogP contribution in [0.4, 0.5) is 0 Å². The molecule has 0 radical (unpaired) electrons. The van der Waals surface area contributed by atoms with E-state index in [9.17, 15) is 0 Å². The van der Waals surface area contributed by atoms with Crippen LogP contribution >= 0.6 is 0 Å². The first-order valence-electron chi connectivity index (χ1n) is 8.15. The Bertz CT molecular complexity index is 399. The third-order valence-electron chi connectivity index (χ3n) is 4.36. The quantitative estimate of drug-likeness (QED) is 0.878. The van der Waals surface area contributed by atoms with Gasteiger partial charge in [-0.15, -0.1) is 0 Å². The number of nitrogens with one attached hydrogen (secondary N) is 1. The van der Waals surface area contributed by atoms with Crippen molar-refractivity contribution >= 4 is 0 Å². The number of rotatable bonds is 5. The van der Waals surface area contributed by atoms with E-state index in [0.717, 1.165) is 0 Å². The second kappa shape index (κ2) is 7.24. The van der Waals surface area contributed by atoms with Crippen molar-refractivity contribution in [3.05, 3.63) is 34.9 Å². The second-order valence-corrected chi connectivity index (χ2v) is 6.43. The van der Waals surface area contributed by atoms with Crippen molar-refractivity contribution < 1.29 is 0 Å². The first-order valence-corrected chi connectivity index (χ1v) is 8.15. The van der Waals surface area contributed by atoms with Crippen molar-refractivity contribution in [2.45, 2.75) is 59.0 Å². The Morgan fingerprint density at radius 2 is 1.75 bits per heavy atom. The summed E-state index contributed by atoms with van der Waals surface area (Å²) >= 11 is 0. The largest absolute Gasteiger partial charge is 0.307 e. The van der Waals surface area contributed by atoms with E-state index in [-0.39, 0.29) is 0 Å². The van der Waals surface area contributed by atoms with Crippen LogP contribution < -0.4 is 5.32 Å². The van der Waals surface area contributed by atoms with Gasteiger partial charge in [-0.1, -0.05) is 36.2 Å². The normalized spacial score (nSPS) is 19.2. The molecule has 1 saturated heterocycles. The Balaban J connectivity index is 1.87. The third-order valence-corrected chi connectivity index (χ3v) is 4.36. The fraction of sp³-hybridized carbons (Fsp3) is 0.667. The van der Waals surface area contributed by atoms with E-state index in [0.29, 0.717) is 12.1 Å². The molecule has 1 N–H and O–H groups in total. The zero-order valence-electron chi connectivity index (χ0n) is 13.6. The molecule has 0 aromatic heterocycles. The Kier molecular flexibility index (Phi) is 5.62. The van der Waals surface area contributed by atoms with Crippen LogP contribution in [0.3, 0.4) is 0 Å². The predicted molar refractivity (Wildman–Crippen MR) is 87.2 cm³/mol. The number of benzene rings is 1. The zero-order chi connectivity index (χ0) is 14.5. The summed E-state index contributed by atoms with van der Waals surface area (Å²) in [6, 6.07) is 8.02. The SMILES string of the molecule is CCCN1CCC(NC(C)c2cc(C)cc(C)c2)CC1. The fourth-order valence-electron chi connectivity index (χ4n) is 3.35. The van der Waals surface area contributed by atoms with E-state index in [4.69, 9.17) is 0 Å². The topological polar surface area (TPSA) is 15.3 Å². The monoisotopic (exact) mass is 274 g/mol. The zero-order valence-corrected chi connectivity index (χ0v) is 13.6. The molecule has 0 aliphatic carbocycles. The van der Waals surface area contributed by atoms with Crippen molar-refractivity contribution in [3.63, 3.8) is 0 Å². The summed E-state index contributed by atoms with van der Waals surface area (Å²) in [5, 5.41) is 3.83. The van der Waals surface area contributed by atoms with Gasteiger partial charge in [0.25, 0.3) is 0 Å². The smallest absolute Gasteiger partial charge is 0.0294 e. The van der Waals surface area contributed by atoms with Crippen molar-refractivity contribution in [1.29, 1.82) is 0 Å². The minimum Gasteiger partial charge on any atom is -0.307 e. The first-order chi connectivity index (χ1) is 9.58. The van der Waals surface area contributed by atoms with E-state index >= 15 is 0 Å². The Labute approximate surface area is 124 Å². The third kappa shape index (κ3) is 4.32. The number of hydrogen-bond acceptors (Lipinski definition) is 2. The molecule has 0 bridgehead atoms. The van der Waals surface area contributed by atoms with Crippen LogP contribution in [0.2, 0.25) is 0 Å². The lowest BCUT2D eigenvalue weighted by Crippen LogP contribution is -2.43. The summed E-state index contributed by atoms with van der Waals surface area (Å²) in [4.78, 5) is 2.60. The number of hydrogen-bond donors (Lipinski definition) is 1. The average Bonchev–Trinajstić information content (AvgIpc) is 2.40. The van der Waals surface area contributed by atoms with Crippen molar-refractivity contribution in [2.24, 2.45) is 0 Å². The van der Waals surface area contributed by atoms with Crippen LogP contribution in [0.25, 0.3) is 0 Å². The summed E-state index contributed by atoms with van der Waals surface area (Å²) in [6.07, 6.45) is 3.85. The molecule has 1 aliphatic heterocycles. The lowest BCUT2D eigenvalue weighted by Gasteiger charge is -2.34. The minimum absolute atomic E-state index is 0.455. The lowest BCUT2D eigenvalue weighted by molar-refractivity contribution is 0.192. The van der Waals surface area contributed by atoms with E-state index < -0.39 is 0 Å². The van der Waals surface area contributed by atoms with Gasteiger partial charge in [-0.25, -0.2) is 0 Å². The van der Waals surface area contributed by atoms with Gasteiger partial charge >= 0.3 is 0 Å². The molecule has 1 aromatic rings. The van der Waals surface area contributed by atoms with E-state index in [1.54, 1.807) is 0 Å². The molecule has 20 heavy (non-hydrogen) atoms. The average molecular weight is 274 g/mol. The molecule has 0 amide bonds. The fourth-order valence-corrected chi connectivity index (χ4v) is 3.35. The van der Waals surface area contributed by atoms with Crippen LogP contribution in [0.1, 0.15) is 55.8 Å². The standard InChI is InChI=1S/C18H30N2/c1-5-8-20-9-6-18(7-10-20)19-16(4)17-12-14(2)11-15(3)13-17/h11-13,16,18-19H,5-10H2,1-4H3. The van der Waals surface area contributed by atoms with Gasteiger partial charge in [0.05, 0.1) is 0 Å². The van der Waals surface area contributed by atoms with Crippen LogP contribution in [0.5, 0.6) is 0 Å². The maximum Gasteiger partial charge on any atom is 0.0294 e. The molecule has 2 nitrogen and oxygen atoms in total. The number of piperidine rings is 1. The second-order valence-electron chi connectivity index (χ2n) is 6.43. The minimum atomic E-state index is 0.455. The predicted octanol–water partition coefficient (Wildman–Crippen LogP) is 3.83. The highest BCUT2D eigenvalue weighted by atomic mass is 15.1. The molecule has 0 saturated carbocycles. The Hall–Kier alpha value is -0.860. The van der Waals surface area contributed by atoms with Crippen LogP contribution in [0, 0.1) is 13.8 Å². The van der Waals surface area contributed by atoms with Gasteiger partial charge in [-0.3, -0.25) is 0 Å². The molecule has 1 aliphatic rings. The Morgan fingerprint density at radius 1 is 1.15 bits per heavy atom. The molecule has 112 valence electrons. The van der Waals surface area contributed by atoms with Crippen LogP contribution in [-0.4, -0.2) is 30.6 Å². The van der Waals surface area contributed by atoms with E-state index in [1.807, 2.05) is 0 Å². The highest BCUT2D eigenvalue weighted by molar-refractivity contribution is 5.30. The van der Waals surface area contributed by atoms with Gasteiger partial charge < -0.3 is 10.2 Å². The van der Waals surface area contributed by atoms with E-state index in [2.05, 4.69) is 56.1 Å². The lowest BCUT2D eigenvalue weighted by atomic mass is 9.99. The molecular weight excluding hydrogens is 244 g/mol. The first kappa shape index (κ1) is 15.5. The van der Waals surface area contributed by atoms with Crippen molar-refractivity contribution in [1.82, 2.24) is 10.2 Å². The number of nitrogens with zero attached hydrogens (tertiary/aromatic N) is 1. The summed E-state index contributed by atoms with van der Waals surface area (Å²) in [7, 11) is 0. The Morgan fingerprint density at radius 3 is 2.30 bits per heavy atom. The number of aryl methyl sites for hydroxylation is 2. The van der Waals surface area contributed by atoms with Gasteiger partial charge in [0.15, 0.2) is 0 Å². The van der Waals surface area contributed by atoms with Gasteiger partial charge in [0.1, 0.15) is 0 Å². The molecule has 1 heterocycles. The van der Waals surface area contributed by atoms with Crippen LogP contribution in [-0.2, 0) is 0 Å². The van der Waals surface area contributed by atoms with Gasteiger partial charge in [-0.2, -0.15) is 0 Å². The maximum absolute atomic E-state index is 3.83. The molecule has 0 spiro atoms. The van der Waals surface area contributed by atoms with E-state index in [1.165, 1.54) is 55.6 Å². The summed E-state index contributed by atoms with van der Waals surface area (Å²) < 4.78 is 0. The van der Waals surface area contributed by atoms with Gasteiger partial charge in [0, 0.05) is 12.1 Å².